The SMILES string of the molecule is C=Cc1c(-c2coc(C)c2)oc2ccnc(-c3[c-]c4ccccc4c(C(C)(C)C)c3)c12.CCC(C)(CC)C(=O)/C=C(\O)C(C)(CC)CC.[Ir]. The van der Waals surface area contributed by atoms with Crippen LogP contribution in [0.4, 0.5) is 0 Å². The van der Waals surface area contributed by atoms with Gasteiger partial charge in [0.05, 0.1) is 5.56 Å². The Morgan fingerprint density at radius 3 is 2.14 bits per heavy atom. The molecule has 0 aliphatic heterocycles. The maximum Gasteiger partial charge on any atom is 0.164 e. The molecule has 0 saturated heterocycles. The van der Waals surface area contributed by atoms with Gasteiger partial charge in [0.1, 0.15) is 29.1 Å². The van der Waals surface area contributed by atoms with Crippen LogP contribution in [0.15, 0.2) is 82.2 Å². The van der Waals surface area contributed by atoms with E-state index in [1.54, 1.807) is 12.5 Å². The molecule has 3 aromatic heterocycles. The Kier molecular flexibility index (Phi) is 12.9. The average Bonchev–Trinajstić information content (AvgIpc) is 3.69. The first-order valence-corrected chi connectivity index (χ1v) is 17.2. The van der Waals surface area contributed by atoms with Gasteiger partial charge in [-0.2, -0.15) is 0 Å². The van der Waals surface area contributed by atoms with Gasteiger partial charge in [0.25, 0.3) is 0 Å². The molecule has 2 aromatic carbocycles. The minimum atomic E-state index is -0.337. The van der Waals surface area contributed by atoms with E-state index in [2.05, 4.69) is 63.7 Å². The molecule has 0 bridgehead atoms. The number of fused-ring (bicyclic) bond motifs is 2. The Morgan fingerprint density at radius 1 is 0.959 bits per heavy atom. The number of furan rings is 2. The fraction of sp³-hybridized carbons (Fsp3) is 0.395. The Labute approximate surface area is 306 Å². The Bertz CT molecular complexity index is 1940. The van der Waals surface area contributed by atoms with E-state index in [4.69, 9.17) is 13.8 Å². The third-order valence-electron chi connectivity index (χ3n) is 10.3. The van der Waals surface area contributed by atoms with Crippen molar-refractivity contribution in [3.05, 3.63) is 96.3 Å². The summed E-state index contributed by atoms with van der Waals surface area (Å²) in [5.41, 5.74) is 5.03. The summed E-state index contributed by atoms with van der Waals surface area (Å²) in [5.74, 6) is 1.86. The summed E-state index contributed by atoms with van der Waals surface area (Å²) in [6, 6.07) is 18.1. The molecule has 49 heavy (non-hydrogen) atoms. The van der Waals surface area contributed by atoms with Gasteiger partial charge in [-0.25, -0.2) is 0 Å². The van der Waals surface area contributed by atoms with Crippen LogP contribution in [-0.2, 0) is 30.3 Å². The Morgan fingerprint density at radius 2 is 1.59 bits per heavy atom. The van der Waals surface area contributed by atoms with E-state index in [0.717, 1.165) is 75.9 Å². The minimum Gasteiger partial charge on any atom is -0.512 e. The van der Waals surface area contributed by atoms with Crippen molar-refractivity contribution in [3.8, 4) is 22.6 Å². The molecule has 5 nitrogen and oxygen atoms in total. The van der Waals surface area contributed by atoms with Gasteiger partial charge < -0.3 is 13.9 Å². The summed E-state index contributed by atoms with van der Waals surface area (Å²) < 4.78 is 11.8. The zero-order chi connectivity index (χ0) is 35.4. The van der Waals surface area contributed by atoms with E-state index in [1.807, 2.05) is 66.7 Å². The zero-order valence-electron chi connectivity index (χ0n) is 30.8. The maximum absolute atomic E-state index is 12.2. The molecule has 0 aliphatic rings. The standard InChI is InChI=1S/C28H24NO2.C15H28O2.Ir/c1-6-21-25-24(31-27(21)20-13-17(2)30-16-20)11-12-29-26(25)19-14-18-9-7-8-10-22(18)23(15-19)28(3,4)5;1-7-14(5,8-2)12(16)11-13(17)15(6,9-3)10-4;/h6-13,15-16H,1H2,2-5H3;11,16H,7-10H2,1-6H3;/q-1;;/b;12-11-;. The summed E-state index contributed by atoms with van der Waals surface area (Å²) >= 11 is 0. The van der Waals surface area contributed by atoms with Crippen LogP contribution in [0.5, 0.6) is 0 Å². The summed E-state index contributed by atoms with van der Waals surface area (Å²) in [6.07, 6.45) is 10.1. The van der Waals surface area contributed by atoms with Gasteiger partial charge in [-0.15, -0.1) is 29.1 Å². The molecule has 1 radical (unpaired) electrons. The second-order valence-corrected chi connectivity index (χ2v) is 14.3. The number of hydrogen-bond donors (Lipinski definition) is 1. The first-order chi connectivity index (χ1) is 22.7. The Balaban J connectivity index is 0.000000312. The summed E-state index contributed by atoms with van der Waals surface area (Å²) in [4.78, 5) is 16.9. The fourth-order valence-electron chi connectivity index (χ4n) is 5.91. The summed E-state index contributed by atoms with van der Waals surface area (Å²) in [5, 5.41) is 13.4. The molecule has 3 heterocycles. The molecule has 0 saturated carbocycles. The van der Waals surface area contributed by atoms with Crippen molar-refractivity contribution in [2.75, 3.05) is 0 Å². The van der Waals surface area contributed by atoms with Gasteiger partial charge in [0, 0.05) is 59.9 Å². The van der Waals surface area contributed by atoms with E-state index in [1.165, 1.54) is 17.0 Å². The molecule has 5 rings (SSSR count). The second-order valence-electron chi connectivity index (χ2n) is 14.3. The molecule has 263 valence electrons. The van der Waals surface area contributed by atoms with E-state index >= 15 is 0 Å². The molecular weight excluding hydrogens is 787 g/mol. The number of aliphatic hydroxyl groups excluding tert-OH is 1. The third-order valence-corrected chi connectivity index (χ3v) is 10.3. The molecule has 0 fully saturated rings. The minimum absolute atomic E-state index is 0. The first kappa shape index (κ1) is 39.7. The van der Waals surface area contributed by atoms with Gasteiger partial charge in [-0.05, 0) is 50.2 Å². The van der Waals surface area contributed by atoms with E-state index < -0.39 is 0 Å². The zero-order valence-corrected chi connectivity index (χ0v) is 33.2. The normalized spacial score (nSPS) is 12.4. The quantitative estimate of drug-likeness (QED) is 0.0861. The van der Waals surface area contributed by atoms with E-state index in [9.17, 15) is 9.90 Å². The smallest absolute Gasteiger partial charge is 0.164 e. The number of hydrogen-bond acceptors (Lipinski definition) is 5. The number of aryl methyl sites for hydroxylation is 1. The average molecular weight is 839 g/mol. The predicted molar refractivity (Wildman–Crippen MR) is 200 cm³/mol. The molecule has 0 aliphatic carbocycles. The van der Waals surface area contributed by atoms with Crippen molar-refractivity contribution in [2.24, 2.45) is 10.8 Å². The third kappa shape index (κ3) is 8.19. The maximum atomic E-state index is 12.2. The monoisotopic (exact) mass is 839 g/mol. The summed E-state index contributed by atoms with van der Waals surface area (Å²) in [6.45, 7) is 24.8. The van der Waals surface area contributed by atoms with Crippen LogP contribution in [0.3, 0.4) is 0 Å². The van der Waals surface area contributed by atoms with Gasteiger partial charge >= 0.3 is 0 Å². The predicted octanol–water partition coefficient (Wildman–Crippen LogP) is 12.6. The molecule has 5 aromatic rings. The topological polar surface area (TPSA) is 76.5 Å². The van der Waals surface area contributed by atoms with Gasteiger partial charge in [-0.1, -0.05) is 104 Å². The van der Waals surface area contributed by atoms with Crippen molar-refractivity contribution >= 4 is 33.6 Å². The van der Waals surface area contributed by atoms with Crippen molar-refractivity contribution in [2.45, 2.75) is 100 Å². The number of aromatic nitrogens is 1. The number of allylic oxidation sites excluding steroid dienone is 2. The molecule has 6 heteroatoms. The molecule has 0 amide bonds. The second kappa shape index (κ2) is 15.9. The number of benzene rings is 2. The number of carbonyl (C=O) groups excluding carboxylic acids is 1. The van der Waals surface area contributed by atoms with Gasteiger partial charge in [0.2, 0.25) is 0 Å². The van der Waals surface area contributed by atoms with Crippen LogP contribution in [0.1, 0.15) is 105 Å². The number of rotatable bonds is 10. The molecule has 0 unspecified atom stereocenters. The van der Waals surface area contributed by atoms with Gasteiger partial charge in [-0.3, -0.25) is 9.78 Å². The molecule has 1 N–H and O–H groups in total. The van der Waals surface area contributed by atoms with Crippen molar-refractivity contribution < 1.29 is 38.8 Å². The van der Waals surface area contributed by atoms with E-state index in [0.29, 0.717) is 0 Å². The van der Waals surface area contributed by atoms with E-state index in [-0.39, 0.29) is 47.9 Å². The van der Waals surface area contributed by atoms with Crippen molar-refractivity contribution in [3.63, 3.8) is 0 Å². The largest absolute Gasteiger partial charge is 0.512 e. The number of aliphatic hydroxyl groups is 1. The van der Waals surface area contributed by atoms with Crippen LogP contribution in [0.2, 0.25) is 0 Å². The van der Waals surface area contributed by atoms with Crippen LogP contribution in [0, 0.1) is 23.8 Å². The number of ketones is 1. The number of nitrogens with zero attached hydrogens (tertiary/aromatic N) is 1. The molecule has 0 atom stereocenters. The van der Waals surface area contributed by atoms with Gasteiger partial charge in [0.15, 0.2) is 5.78 Å². The first-order valence-electron chi connectivity index (χ1n) is 17.2. The van der Waals surface area contributed by atoms with Crippen molar-refractivity contribution in [1.29, 1.82) is 0 Å². The van der Waals surface area contributed by atoms with Crippen molar-refractivity contribution in [1.82, 2.24) is 4.98 Å². The molecule has 0 spiro atoms. The van der Waals surface area contributed by atoms with Crippen LogP contribution < -0.4 is 0 Å². The number of pyridine rings is 1. The summed E-state index contributed by atoms with van der Waals surface area (Å²) in [7, 11) is 0. The van der Waals surface area contributed by atoms with Crippen LogP contribution in [0.25, 0.3) is 50.4 Å². The van der Waals surface area contributed by atoms with Crippen LogP contribution in [-0.4, -0.2) is 15.9 Å². The van der Waals surface area contributed by atoms with Crippen LogP contribution >= 0.6 is 0 Å². The number of carbonyl (C=O) groups is 1. The molecular formula is C43H52IrNO4-. The fourth-order valence-corrected chi connectivity index (χ4v) is 5.91. The Hall–Kier alpha value is -3.73.